The number of nitrogens with zero attached hydrogens (tertiary/aromatic N) is 2. The highest BCUT2D eigenvalue weighted by Crippen LogP contribution is 2.28. The predicted molar refractivity (Wildman–Crippen MR) is 82.3 cm³/mol. The molecule has 0 saturated heterocycles. The summed E-state index contributed by atoms with van der Waals surface area (Å²) in [6.45, 7) is 2.32. The van der Waals surface area contributed by atoms with Gasteiger partial charge in [0.1, 0.15) is 4.90 Å². The van der Waals surface area contributed by atoms with Crippen molar-refractivity contribution in [1.29, 1.82) is 0 Å². The molecule has 0 aliphatic rings. The van der Waals surface area contributed by atoms with Crippen LogP contribution in [-0.4, -0.2) is 42.5 Å². The molecule has 0 bridgehead atoms. The molecule has 1 heterocycles. The third kappa shape index (κ3) is 2.99. The largest absolute Gasteiger partial charge is 0.398 e. The first-order valence-electron chi connectivity index (χ1n) is 6.76. The third-order valence-electron chi connectivity index (χ3n) is 3.30. The van der Waals surface area contributed by atoms with Crippen LogP contribution in [0.25, 0.3) is 10.9 Å². The summed E-state index contributed by atoms with van der Waals surface area (Å²) in [6.07, 6.45) is 1.94. The Morgan fingerprint density at radius 1 is 1.33 bits per heavy atom. The van der Waals surface area contributed by atoms with Crippen molar-refractivity contribution in [3.05, 3.63) is 30.5 Å². The summed E-state index contributed by atoms with van der Waals surface area (Å²) >= 11 is 0. The van der Waals surface area contributed by atoms with Gasteiger partial charge in [-0.2, -0.15) is 4.31 Å². The summed E-state index contributed by atoms with van der Waals surface area (Å²) in [5.41, 5.74) is 6.75. The SMILES string of the molecule is CCN(CCCO)S(=O)(=O)c1ccc(N)c2cccnc12. The molecular formula is C14H19N3O3S. The number of rotatable bonds is 6. The molecule has 1 aromatic carbocycles. The topological polar surface area (TPSA) is 96.5 Å². The number of nitrogen functional groups attached to an aromatic ring is 1. The molecule has 0 unspecified atom stereocenters. The van der Waals surface area contributed by atoms with Crippen molar-refractivity contribution in [2.24, 2.45) is 0 Å². The Bertz CT molecular complexity index is 731. The molecule has 3 N–H and O–H groups in total. The summed E-state index contributed by atoms with van der Waals surface area (Å²) in [5, 5.41) is 9.53. The van der Waals surface area contributed by atoms with Crippen LogP contribution >= 0.6 is 0 Å². The number of sulfonamides is 1. The van der Waals surface area contributed by atoms with Crippen molar-refractivity contribution in [2.75, 3.05) is 25.4 Å². The molecule has 7 heteroatoms. The normalized spacial score (nSPS) is 12.1. The molecule has 0 radical (unpaired) electrons. The molecule has 0 atom stereocenters. The van der Waals surface area contributed by atoms with E-state index in [0.29, 0.717) is 29.6 Å². The number of benzene rings is 1. The Morgan fingerprint density at radius 2 is 2.10 bits per heavy atom. The monoisotopic (exact) mass is 309 g/mol. The van der Waals surface area contributed by atoms with Crippen molar-refractivity contribution in [2.45, 2.75) is 18.2 Å². The Morgan fingerprint density at radius 3 is 2.76 bits per heavy atom. The van der Waals surface area contributed by atoms with E-state index in [2.05, 4.69) is 4.98 Å². The summed E-state index contributed by atoms with van der Waals surface area (Å²) in [6, 6.07) is 6.54. The zero-order chi connectivity index (χ0) is 15.5. The number of fused-ring (bicyclic) bond motifs is 1. The highest BCUT2D eigenvalue weighted by Gasteiger charge is 2.25. The lowest BCUT2D eigenvalue weighted by Gasteiger charge is -2.21. The van der Waals surface area contributed by atoms with E-state index in [1.165, 1.54) is 10.4 Å². The second kappa shape index (κ2) is 6.38. The average molecular weight is 309 g/mol. The summed E-state index contributed by atoms with van der Waals surface area (Å²) in [4.78, 5) is 4.32. The Balaban J connectivity index is 2.57. The molecule has 2 aromatic rings. The van der Waals surface area contributed by atoms with Gasteiger partial charge < -0.3 is 10.8 Å². The van der Waals surface area contributed by atoms with Crippen LogP contribution in [0.4, 0.5) is 5.69 Å². The van der Waals surface area contributed by atoms with Gasteiger partial charge in [-0.25, -0.2) is 8.42 Å². The molecule has 6 nitrogen and oxygen atoms in total. The standard InChI is InChI=1S/C14H19N3O3S/c1-2-17(9-4-10-18)21(19,20)13-7-6-12(15)11-5-3-8-16-14(11)13/h3,5-8,18H,2,4,9-10,15H2,1H3. The first-order valence-corrected chi connectivity index (χ1v) is 8.20. The van der Waals surface area contributed by atoms with E-state index in [9.17, 15) is 8.42 Å². The van der Waals surface area contributed by atoms with Crippen LogP contribution in [0.2, 0.25) is 0 Å². The van der Waals surface area contributed by atoms with Crippen LogP contribution in [0.15, 0.2) is 35.4 Å². The highest BCUT2D eigenvalue weighted by atomic mass is 32.2. The molecule has 2 rings (SSSR count). The van der Waals surface area contributed by atoms with Gasteiger partial charge in [0.05, 0.1) is 5.52 Å². The molecule has 0 spiro atoms. The van der Waals surface area contributed by atoms with Crippen LogP contribution in [0.1, 0.15) is 13.3 Å². The van der Waals surface area contributed by atoms with Gasteiger partial charge in [-0.3, -0.25) is 4.98 Å². The third-order valence-corrected chi connectivity index (χ3v) is 5.31. The number of anilines is 1. The van der Waals surface area contributed by atoms with E-state index in [0.717, 1.165) is 0 Å². The van der Waals surface area contributed by atoms with E-state index >= 15 is 0 Å². The molecule has 0 aliphatic heterocycles. The Hall–Kier alpha value is -1.70. The quantitative estimate of drug-likeness (QED) is 0.782. The van der Waals surface area contributed by atoms with Crippen molar-refractivity contribution in [3.8, 4) is 0 Å². The minimum absolute atomic E-state index is 0.0489. The minimum Gasteiger partial charge on any atom is -0.398 e. The fraction of sp³-hybridized carbons (Fsp3) is 0.357. The van der Waals surface area contributed by atoms with Crippen LogP contribution in [0.5, 0.6) is 0 Å². The number of nitrogens with two attached hydrogens (primary N) is 1. The molecule has 0 amide bonds. The van der Waals surface area contributed by atoms with E-state index in [1.54, 1.807) is 31.3 Å². The molecule has 0 saturated carbocycles. The number of hydrogen-bond acceptors (Lipinski definition) is 5. The zero-order valence-corrected chi connectivity index (χ0v) is 12.7. The first-order chi connectivity index (χ1) is 10.0. The first kappa shape index (κ1) is 15.7. The van der Waals surface area contributed by atoms with Crippen LogP contribution in [0, 0.1) is 0 Å². The number of pyridine rings is 1. The van der Waals surface area contributed by atoms with E-state index in [1.807, 2.05) is 0 Å². The van der Waals surface area contributed by atoms with E-state index in [-0.39, 0.29) is 18.0 Å². The molecular weight excluding hydrogens is 290 g/mol. The lowest BCUT2D eigenvalue weighted by molar-refractivity contribution is 0.271. The van der Waals surface area contributed by atoms with Gasteiger partial charge in [0, 0.05) is 37.0 Å². The van der Waals surface area contributed by atoms with E-state index in [4.69, 9.17) is 10.8 Å². The fourth-order valence-electron chi connectivity index (χ4n) is 2.21. The molecule has 114 valence electrons. The maximum absolute atomic E-state index is 12.8. The maximum atomic E-state index is 12.8. The Labute approximate surface area is 124 Å². The second-order valence-corrected chi connectivity index (χ2v) is 6.53. The fourth-order valence-corrected chi connectivity index (χ4v) is 3.85. The summed E-state index contributed by atoms with van der Waals surface area (Å²) < 4.78 is 26.9. The van der Waals surface area contributed by atoms with Gasteiger partial charge in [-0.05, 0) is 30.7 Å². The Kier molecular flexibility index (Phi) is 4.76. The molecule has 0 aliphatic carbocycles. The smallest absolute Gasteiger partial charge is 0.245 e. The van der Waals surface area contributed by atoms with Gasteiger partial charge in [0.25, 0.3) is 0 Å². The average Bonchev–Trinajstić information content (AvgIpc) is 2.48. The van der Waals surface area contributed by atoms with Crippen molar-refractivity contribution < 1.29 is 13.5 Å². The summed E-state index contributed by atoms with van der Waals surface area (Å²) in [5.74, 6) is 0. The minimum atomic E-state index is -3.66. The van der Waals surface area contributed by atoms with Crippen molar-refractivity contribution in [3.63, 3.8) is 0 Å². The van der Waals surface area contributed by atoms with Crippen molar-refractivity contribution >= 4 is 26.6 Å². The predicted octanol–water partition coefficient (Wildman–Crippen LogP) is 1.21. The molecule has 1 aromatic heterocycles. The van der Waals surface area contributed by atoms with Gasteiger partial charge >= 0.3 is 0 Å². The van der Waals surface area contributed by atoms with Gasteiger partial charge in [-0.1, -0.05) is 6.92 Å². The number of hydrogen-bond donors (Lipinski definition) is 2. The van der Waals surface area contributed by atoms with Crippen LogP contribution in [0.3, 0.4) is 0 Å². The summed E-state index contributed by atoms with van der Waals surface area (Å²) in [7, 11) is -3.66. The van der Waals surface area contributed by atoms with Crippen LogP contribution < -0.4 is 5.73 Å². The second-order valence-electron chi connectivity index (χ2n) is 4.63. The van der Waals surface area contributed by atoms with Crippen molar-refractivity contribution in [1.82, 2.24) is 9.29 Å². The number of aromatic nitrogens is 1. The molecule has 0 fully saturated rings. The van der Waals surface area contributed by atoms with Crippen LogP contribution in [-0.2, 0) is 10.0 Å². The lowest BCUT2D eigenvalue weighted by Crippen LogP contribution is -2.32. The maximum Gasteiger partial charge on any atom is 0.245 e. The molecule has 21 heavy (non-hydrogen) atoms. The lowest BCUT2D eigenvalue weighted by atomic mass is 10.2. The van der Waals surface area contributed by atoms with Gasteiger partial charge in [0.2, 0.25) is 10.0 Å². The van der Waals surface area contributed by atoms with Gasteiger partial charge in [0.15, 0.2) is 0 Å². The zero-order valence-electron chi connectivity index (χ0n) is 11.9. The van der Waals surface area contributed by atoms with E-state index < -0.39 is 10.0 Å². The number of aliphatic hydroxyl groups is 1. The highest BCUT2D eigenvalue weighted by molar-refractivity contribution is 7.89. The van der Waals surface area contributed by atoms with Gasteiger partial charge in [-0.15, -0.1) is 0 Å². The number of aliphatic hydroxyl groups excluding tert-OH is 1.